The number of rotatable bonds is 23. The minimum atomic E-state index is -1.13. The molecule has 2 aliphatic heterocycles. The van der Waals surface area contributed by atoms with E-state index >= 15 is 0 Å². The zero-order valence-corrected chi connectivity index (χ0v) is 38.8. The van der Waals surface area contributed by atoms with Gasteiger partial charge in [0.1, 0.15) is 12.6 Å². The van der Waals surface area contributed by atoms with Gasteiger partial charge >= 0.3 is 12.0 Å². The van der Waals surface area contributed by atoms with Crippen LogP contribution in [0.2, 0.25) is 0 Å². The van der Waals surface area contributed by atoms with Crippen molar-refractivity contribution in [3.8, 4) is 0 Å². The maximum atomic E-state index is 13.1. The van der Waals surface area contributed by atoms with Crippen molar-refractivity contribution in [3.63, 3.8) is 0 Å². The third-order valence-corrected chi connectivity index (χ3v) is 14.4. The lowest BCUT2D eigenvalue weighted by molar-refractivity contribution is -0.142. The number of ketones is 1. The third kappa shape index (κ3) is 15.6. The molecule has 0 bridgehead atoms. The molecular weight excluding hydrogens is 863 g/mol. The number of nitrogens with one attached hydrogen (secondary N) is 3. The van der Waals surface area contributed by atoms with Crippen LogP contribution in [0.25, 0.3) is 11.6 Å². The summed E-state index contributed by atoms with van der Waals surface area (Å²) in [5.74, 6) is -1.22. The fourth-order valence-electron chi connectivity index (χ4n) is 8.52. The number of benzene rings is 2. The predicted octanol–water partition coefficient (Wildman–Crippen LogP) is 6.21. The molecule has 6 rings (SSSR count). The van der Waals surface area contributed by atoms with Crippen LogP contribution in [0.1, 0.15) is 49.7 Å². The maximum absolute atomic E-state index is 13.1. The number of piperazine rings is 1. The molecule has 0 aromatic heterocycles. The van der Waals surface area contributed by atoms with Crippen molar-refractivity contribution >= 4 is 64.8 Å². The normalized spacial score (nSPS) is 22.2. The molecule has 2 heterocycles. The van der Waals surface area contributed by atoms with E-state index in [0.717, 1.165) is 30.6 Å². The molecule has 4 aliphatic rings. The summed E-state index contributed by atoms with van der Waals surface area (Å²) in [7, 11) is 0. The Morgan fingerprint density at radius 2 is 1.60 bits per heavy atom. The number of amides is 4. The molecule has 6 unspecified atom stereocenters. The number of aliphatic carboxylic acids is 1. The molecule has 0 radical (unpaired) electrons. The third-order valence-electron chi connectivity index (χ3n) is 12.0. The highest BCUT2D eigenvalue weighted by Crippen LogP contribution is 2.45. The van der Waals surface area contributed by atoms with Crippen molar-refractivity contribution < 1.29 is 38.6 Å². The number of carbonyl (C=O) groups excluding carboxylic acids is 4. The van der Waals surface area contributed by atoms with Crippen LogP contribution in [0.4, 0.5) is 4.79 Å². The maximum Gasteiger partial charge on any atom is 0.326 e. The van der Waals surface area contributed by atoms with Crippen LogP contribution in [0.3, 0.4) is 0 Å². The molecule has 2 aliphatic carbocycles. The first-order valence-corrected chi connectivity index (χ1v) is 24.9. The number of urea groups is 1. The van der Waals surface area contributed by atoms with Gasteiger partial charge in [0.15, 0.2) is 5.78 Å². The SMILES string of the molecule is CSC1=CC2C(C=C1)SC1C=CC=CC1CC2N1CCN(C(=O)NCCCCC(NC(=O)COCCOCCCC(=O)CNC(=O)/C(=C/c2ccccc2)c2ccccc2)C(=O)O)CC1. The Bertz CT molecular complexity index is 2050. The Balaban J connectivity index is 0.795. The molecular formula is C50H63N5O8S2. The van der Waals surface area contributed by atoms with Crippen molar-refractivity contribution in [2.24, 2.45) is 11.8 Å². The summed E-state index contributed by atoms with van der Waals surface area (Å²) in [5.41, 5.74) is 2.09. The smallest absolute Gasteiger partial charge is 0.326 e. The predicted molar refractivity (Wildman–Crippen MR) is 259 cm³/mol. The molecule has 15 heteroatoms. The Hall–Kier alpha value is -4.93. The van der Waals surface area contributed by atoms with Crippen molar-refractivity contribution in [1.29, 1.82) is 0 Å². The summed E-state index contributed by atoms with van der Waals surface area (Å²) in [6.45, 7) is 3.55. The van der Waals surface area contributed by atoms with Gasteiger partial charge in [-0.3, -0.25) is 19.3 Å². The Morgan fingerprint density at radius 3 is 2.35 bits per heavy atom. The first-order chi connectivity index (χ1) is 31.7. The summed E-state index contributed by atoms with van der Waals surface area (Å²) in [5, 5.41) is 18.9. The second-order valence-electron chi connectivity index (χ2n) is 16.5. The lowest BCUT2D eigenvalue weighted by Gasteiger charge is -2.43. The number of carbonyl (C=O) groups is 5. The Labute approximate surface area is 391 Å². The van der Waals surface area contributed by atoms with E-state index < -0.39 is 17.9 Å². The lowest BCUT2D eigenvalue weighted by Crippen LogP contribution is -2.56. The number of ether oxygens (including phenoxy) is 2. The van der Waals surface area contributed by atoms with E-state index in [1.807, 2.05) is 65.6 Å². The number of carboxylic acids is 1. The fraction of sp³-hybridized carbons (Fsp3) is 0.460. The zero-order chi connectivity index (χ0) is 45.8. The van der Waals surface area contributed by atoms with Gasteiger partial charge in [0.2, 0.25) is 5.91 Å². The van der Waals surface area contributed by atoms with Gasteiger partial charge in [-0.1, -0.05) is 103 Å². The summed E-state index contributed by atoms with van der Waals surface area (Å²) in [6, 6.07) is 18.0. The summed E-state index contributed by atoms with van der Waals surface area (Å²) in [4.78, 5) is 68.8. The van der Waals surface area contributed by atoms with E-state index in [-0.39, 0.29) is 56.9 Å². The molecule has 4 amide bonds. The number of nitrogens with zero attached hydrogens (tertiary/aromatic N) is 2. The molecule has 2 fully saturated rings. The monoisotopic (exact) mass is 925 g/mol. The summed E-state index contributed by atoms with van der Waals surface area (Å²) in [6.07, 6.45) is 23.2. The number of Topliss-reactive ketones (excluding diaryl/α,β-unsaturated/α-hetero) is 1. The van der Waals surface area contributed by atoms with Crippen LogP contribution in [-0.4, -0.2) is 139 Å². The Morgan fingerprint density at radius 1 is 0.862 bits per heavy atom. The molecule has 2 saturated heterocycles. The van der Waals surface area contributed by atoms with Crippen molar-refractivity contribution in [2.75, 3.05) is 72.0 Å². The van der Waals surface area contributed by atoms with E-state index in [0.29, 0.717) is 79.5 Å². The quantitative estimate of drug-likeness (QED) is 0.0569. The number of carboxylic acid groups (broad SMARTS) is 1. The van der Waals surface area contributed by atoms with Crippen molar-refractivity contribution in [2.45, 2.75) is 61.1 Å². The molecule has 6 atom stereocenters. The Kier molecular flexibility index (Phi) is 20.0. The van der Waals surface area contributed by atoms with E-state index in [4.69, 9.17) is 9.47 Å². The first kappa shape index (κ1) is 49.5. The number of hydrogen-bond donors (Lipinski definition) is 4. The molecule has 4 N–H and O–H groups in total. The number of unbranched alkanes of at least 4 members (excludes halogenated alkanes) is 1. The standard InChI is InChI=1S/C50H63N5O8S2/c1-64-40-21-22-46-42(33-40)44(32-38-17-8-9-20-45(38)65-46)54-24-26-55(27-25-54)50(61)51-23-11-10-19-43(49(59)60)53-47(57)35-63-30-29-62-28-12-18-39(56)34-52-48(58)41(37-15-6-3-7-16-37)31-36-13-4-2-5-14-36/h2-9,13-17,20-22,31,33,38,42-46H,10-12,18-19,23-30,32,34-35H2,1H3,(H,51,61)(H,52,58)(H,53,57)(H,59,60)/b41-31+. The number of allylic oxidation sites excluding steroid dienone is 4. The van der Waals surface area contributed by atoms with Gasteiger partial charge in [-0.15, -0.1) is 23.5 Å². The van der Waals surface area contributed by atoms with Crippen molar-refractivity contribution in [1.82, 2.24) is 25.8 Å². The van der Waals surface area contributed by atoms with E-state index in [9.17, 15) is 29.1 Å². The molecule has 348 valence electrons. The van der Waals surface area contributed by atoms with Gasteiger partial charge in [-0.05, 0) is 61.5 Å². The highest BCUT2D eigenvalue weighted by atomic mass is 32.2. The fourth-order valence-corrected chi connectivity index (χ4v) is 10.6. The topological polar surface area (TPSA) is 167 Å². The summed E-state index contributed by atoms with van der Waals surface area (Å²) >= 11 is 3.87. The average Bonchev–Trinajstić information content (AvgIpc) is 3.50. The molecule has 0 spiro atoms. The number of thioether (sulfide) groups is 2. The van der Waals surface area contributed by atoms with Crippen LogP contribution in [0, 0.1) is 11.8 Å². The van der Waals surface area contributed by atoms with Crippen LogP contribution in [-0.2, 0) is 28.7 Å². The van der Waals surface area contributed by atoms with E-state index in [1.165, 1.54) is 4.91 Å². The lowest BCUT2D eigenvalue weighted by atomic mass is 9.83. The van der Waals surface area contributed by atoms with E-state index in [1.54, 1.807) is 17.8 Å². The largest absolute Gasteiger partial charge is 0.480 e. The average molecular weight is 926 g/mol. The number of fused-ring (bicyclic) bond motifs is 2. The highest BCUT2D eigenvalue weighted by Gasteiger charge is 2.41. The van der Waals surface area contributed by atoms with Gasteiger partial charge in [0.25, 0.3) is 5.91 Å². The molecule has 13 nitrogen and oxygen atoms in total. The minimum Gasteiger partial charge on any atom is -0.480 e. The van der Waals surface area contributed by atoms with Crippen LogP contribution >= 0.6 is 23.5 Å². The highest BCUT2D eigenvalue weighted by molar-refractivity contribution is 8.02. The van der Waals surface area contributed by atoms with Gasteiger partial charge in [-0.2, -0.15) is 0 Å². The molecule has 0 saturated carbocycles. The molecule has 2 aromatic rings. The van der Waals surface area contributed by atoms with Crippen LogP contribution < -0.4 is 16.0 Å². The first-order valence-electron chi connectivity index (χ1n) is 22.7. The van der Waals surface area contributed by atoms with E-state index in [2.05, 4.69) is 81.4 Å². The van der Waals surface area contributed by atoms with Gasteiger partial charge in [0, 0.05) is 78.7 Å². The van der Waals surface area contributed by atoms with Gasteiger partial charge in [-0.25, -0.2) is 9.59 Å². The molecule has 2 aromatic carbocycles. The van der Waals surface area contributed by atoms with Gasteiger partial charge < -0.3 is 35.4 Å². The zero-order valence-electron chi connectivity index (χ0n) is 37.2. The summed E-state index contributed by atoms with van der Waals surface area (Å²) < 4.78 is 10.9. The van der Waals surface area contributed by atoms with Crippen molar-refractivity contribution in [3.05, 3.63) is 119 Å². The minimum absolute atomic E-state index is 0.101. The second-order valence-corrected chi connectivity index (χ2v) is 18.8. The second kappa shape index (κ2) is 26.3. The van der Waals surface area contributed by atoms with Gasteiger partial charge in [0.05, 0.1) is 19.8 Å². The molecule has 65 heavy (non-hydrogen) atoms. The van der Waals surface area contributed by atoms with Crippen LogP contribution in [0.15, 0.2) is 108 Å². The van der Waals surface area contributed by atoms with Crippen LogP contribution in [0.5, 0.6) is 0 Å². The number of hydrogen-bond acceptors (Lipinski definition) is 10.